The molecule has 0 saturated heterocycles. The highest BCUT2D eigenvalue weighted by molar-refractivity contribution is 5.32. The Bertz CT molecular complexity index is 433. The van der Waals surface area contributed by atoms with Crippen LogP contribution < -0.4 is 5.73 Å². The molecule has 0 bridgehead atoms. The largest absolute Gasteiger partial charge is 0.379 e. The van der Waals surface area contributed by atoms with Gasteiger partial charge in [0.25, 0.3) is 0 Å². The van der Waals surface area contributed by atoms with Crippen molar-refractivity contribution in [3.63, 3.8) is 0 Å². The second-order valence-corrected chi connectivity index (χ2v) is 3.58. The summed E-state index contributed by atoms with van der Waals surface area (Å²) in [7, 11) is 0. The topological polar surface area (TPSA) is 64.9 Å². The summed E-state index contributed by atoms with van der Waals surface area (Å²) in [6, 6.07) is 8.41. The fourth-order valence-corrected chi connectivity index (χ4v) is 1.40. The molecule has 0 fully saturated rings. The number of hydrogen-bond acceptors (Lipinski definition) is 4. The predicted molar refractivity (Wildman–Crippen MR) is 57.3 cm³/mol. The van der Waals surface area contributed by atoms with Gasteiger partial charge >= 0.3 is 0 Å². The molecular weight excluding hydrogens is 190 g/mol. The molecule has 78 valence electrons. The summed E-state index contributed by atoms with van der Waals surface area (Å²) in [6.07, 6.45) is 1.66. The van der Waals surface area contributed by atoms with Gasteiger partial charge in [0.15, 0.2) is 5.82 Å². The van der Waals surface area contributed by atoms with E-state index < -0.39 is 0 Å². The number of aryl methyl sites for hydroxylation is 3. The van der Waals surface area contributed by atoms with Crippen molar-refractivity contribution in [1.82, 2.24) is 10.3 Å². The number of hydrogen-bond donors (Lipinski definition) is 1. The second-order valence-electron chi connectivity index (χ2n) is 3.58. The molecule has 0 amide bonds. The van der Waals surface area contributed by atoms with E-state index in [1.54, 1.807) is 0 Å². The van der Waals surface area contributed by atoms with Gasteiger partial charge in [0.05, 0.1) is 0 Å². The molecule has 0 saturated carbocycles. The molecule has 1 aromatic carbocycles. The van der Waals surface area contributed by atoms with E-state index in [2.05, 4.69) is 46.1 Å². The number of aromatic nitrogens is 2. The highest BCUT2D eigenvalue weighted by Crippen LogP contribution is 2.10. The minimum atomic E-state index is 0.391. The van der Waals surface area contributed by atoms with Crippen LogP contribution in [0.25, 0.3) is 0 Å². The van der Waals surface area contributed by atoms with Crippen LogP contribution >= 0.6 is 0 Å². The van der Waals surface area contributed by atoms with Crippen LogP contribution in [0.4, 0.5) is 5.82 Å². The lowest BCUT2D eigenvalue weighted by molar-refractivity contribution is 0.305. The van der Waals surface area contributed by atoms with Crippen molar-refractivity contribution in [3.8, 4) is 0 Å². The van der Waals surface area contributed by atoms with Crippen molar-refractivity contribution in [3.05, 3.63) is 41.1 Å². The van der Waals surface area contributed by atoms with E-state index in [-0.39, 0.29) is 0 Å². The Morgan fingerprint density at radius 1 is 1.13 bits per heavy atom. The van der Waals surface area contributed by atoms with E-state index in [0.29, 0.717) is 5.82 Å². The van der Waals surface area contributed by atoms with Crippen LogP contribution in [0.3, 0.4) is 0 Å². The quantitative estimate of drug-likeness (QED) is 0.825. The Kier molecular flexibility index (Phi) is 2.67. The van der Waals surface area contributed by atoms with Crippen LogP contribution in [0, 0.1) is 6.92 Å². The minimum Gasteiger partial charge on any atom is -0.379 e. The van der Waals surface area contributed by atoms with Gasteiger partial charge in [-0.2, -0.15) is 0 Å². The maximum atomic E-state index is 5.56. The van der Waals surface area contributed by atoms with E-state index in [0.717, 1.165) is 18.5 Å². The summed E-state index contributed by atoms with van der Waals surface area (Å²) in [4.78, 5) is 0. The molecule has 2 aromatic rings. The fourth-order valence-electron chi connectivity index (χ4n) is 1.40. The molecule has 4 heteroatoms. The number of nitrogens with zero attached hydrogens (tertiary/aromatic N) is 2. The van der Waals surface area contributed by atoms with Crippen molar-refractivity contribution < 1.29 is 4.63 Å². The first-order valence-corrected chi connectivity index (χ1v) is 4.88. The third kappa shape index (κ3) is 2.34. The van der Waals surface area contributed by atoms with Crippen LogP contribution in [0.1, 0.15) is 16.8 Å². The maximum Gasteiger partial charge on any atom is 0.191 e. The van der Waals surface area contributed by atoms with Crippen LogP contribution in [0.15, 0.2) is 28.9 Å². The zero-order valence-electron chi connectivity index (χ0n) is 8.60. The lowest BCUT2D eigenvalue weighted by Crippen LogP contribution is -1.96. The lowest BCUT2D eigenvalue weighted by atomic mass is 10.1. The average Bonchev–Trinajstić information content (AvgIpc) is 2.63. The summed E-state index contributed by atoms with van der Waals surface area (Å²) in [5.74, 6) is 0.391. The molecule has 4 nitrogen and oxygen atoms in total. The van der Waals surface area contributed by atoms with Gasteiger partial charge in [0.2, 0.25) is 0 Å². The number of nitrogens with two attached hydrogens (primary N) is 1. The molecule has 0 atom stereocenters. The summed E-state index contributed by atoms with van der Waals surface area (Å²) in [5.41, 5.74) is 8.83. The van der Waals surface area contributed by atoms with Gasteiger partial charge in [-0.1, -0.05) is 35.0 Å². The fraction of sp³-hybridized carbons (Fsp3) is 0.273. The van der Waals surface area contributed by atoms with Gasteiger partial charge in [-0.25, -0.2) is 4.63 Å². The highest BCUT2D eigenvalue weighted by Gasteiger charge is 2.05. The molecule has 2 rings (SSSR count). The van der Waals surface area contributed by atoms with Gasteiger partial charge in [-0.05, 0) is 24.1 Å². The normalized spacial score (nSPS) is 10.5. The summed E-state index contributed by atoms with van der Waals surface area (Å²) in [5, 5.41) is 7.27. The van der Waals surface area contributed by atoms with Gasteiger partial charge in [-0.3, -0.25) is 0 Å². The summed E-state index contributed by atoms with van der Waals surface area (Å²) < 4.78 is 4.53. The van der Waals surface area contributed by atoms with Crippen LogP contribution in [0.5, 0.6) is 0 Å². The Morgan fingerprint density at radius 2 is 1.87 bits per heavy atom. The van der Waals surface area contributed by atoms with Gasteiger partial charge in [0.1, 0.15) is 5.69 Å². The molecule has 0 spiro atoms. The Balaban J connectivity index is 1.99. The third-order valence-corrected chi connectivity index (χ3v) is 2.36. The van der Waals surface area contributed by atoms with Crippen LogP contribution in [0.2, 0.25) is 0 Å². The van der Waals surface area contributed by atoms with Gasteiger partial charge < -0.3 is 5.73 Å². The van der Waals surface area contributed by atoms with Crippen molar-refractivity contribution in [2.75, 3.05) is 5.73 Å². The zero-order valence-corrected chi connectivity index (χ0v) is 8.60. The first-order valence-electron chi connectivity index (χ1n) is 4.88. The van der Waals surface area contributed by atoms with Crippen molar-refractivity contribution in [2.24, 2.45) is 0 Å². The van der Waals surface area contributed by atoms with E-state index in [1.165, 1.54) is 11.1 Å². The smallest absolute Gasteiger partial charge is 0.191 e. The summed E-state index contributed by atoms with van der Waals surface area (Å²) in [6.45, 7) is 2.07. The van der Waals surface area contributed by atoms with E-state index in [4.69, 9.17) is 5.73 Å². The minimum absolute atomic E-state index is 0.391. The molecule has 1 heterocycles. The first kappa shape index (κ1) is 9.71. The number of anilines is 1. The van der Waals surface area contributed by atoms with E-state index in [9.17, 15) is 0 Å². The van der Waals surface area contributed by atoms with E-state index >= 15 is 0 Å². The predicted octanol–water partition coefficient (Wildman–Crippen LogP) is 1.75. The first-order chi connectivity index (χ1) is 7.25. The van der Waals surface area contributed by atoms with Crippen LogP contribution in [-0.2, 0) is 12.8 Å². The Labute approximate surface area is 88.1 Å². The lowest BCUT2D eigenvalue weighted by Gasteiger charge is -1.99. The third-order valence-electron chi connectivity index (χ3n) is 2.36. The number of nitrogen functional groups attached to an aromatic ring is 1. The molecule has 0 aliphatic rings. The van der Waals surface area contributed by atoms with Gasteiger partial charge in [0, 0.05) is 6.42 Å². The molecule has 0 unspecified atom stereocenters. The number of rotatable bonds is 3. The second kappa shape index (κ2) is 4.13. The summed E-state index contributed by atoms with van der Waals surface area (Å²) >= 11 is 0. The molecule has 2 N–H and O–H groups in total. The number of benzene rings is 1. The standard InChI is InChI=1S/C11H13N3O/c1-8-2-4-9(5-3-8)6-7-10-11(12)14-15-13-10/h2-5H,6-7H2,1H3,(H2,12,14). The van der Waals surface area contributed by atoms with Crippen molar-refractivity contribution in [2.45, 2.75) is 19.8 Å². The molecule has 15 heavy (non-hydrogen) atoms. The van der Waals surface area contributed by atoms with Crippen molar-refractivity contribution >= 4 is 5.82 Å². The molecule has 0 aliphatic carbocycles. The monoisotopic (exact) mass is 203 g/mol. The highest BCUT2D eigenvalue weighted by atomic mass is 16.6. The van der Waals surface area contributed by atoms with Crippen molar-refractivity contribution in [1.29, 1.82) is 0 Å². The Hall–Kier alpha value is -1.84. The molecule has 0 aliphatic heterocycles. The van der Waals surface area contributed by atoms with Crippen LogP contribution in [-0.4, -0.2) is 10.3 Å². The molecule has 1 aromatic heterocycles. The van der Waals surface area contributed by atoms with E-state index in [1.807, 2.05) is 0 Å². The average molecular weight is 203 g/mol. The molecule has 0 radical (unpaired) electrons. The SMILES string of the molecule is Cc1ccc(CCc2nonc2N)cc1. The molecular formula is C11H13N3O. The maximum absolute atomic E-state index is 5.56. The van der Waals surface area contributed by atoms with Gasteiger partial charge in [-0.15, -0.1) is 0 Å². The Morgan fingerprint density at radius 3 is 2.47 bits per heavy atom. The zero-order chi connectivity index (χ0) is 10.7.